The molecule has 1 aromatic heterocycles. The van der Waals surface area contributed by atoms with Crippen LogP contribution in [0.3, 0.4) is 0 Å². The SMILES string of the molecule is C=CCn1c(C2CCCCC2)nc(C(C)(C)C)c1N. The lowest BCUT2D eigenvalue weighted by molar-refractivity contribution is 0.418. The van der Waals surface area contributed by atoms with E-state index in [4.69, 9.17) is 10.7 Å². The maximum absolute atomic E-state index is 6.34. The lowest BCUT2D eigenvalue weighted by atomic mass is 9.88. The van der Waals surface area contributed by atoms with Crippen LogP contribution in [0.2, 0.25) is 0 Å². The number of nitrogens with two attached hydrogens (primary N) is 1. The summed E-state index contributed by atoms with van der Waals surface area (Å²) in [6.45, 7) is 11.1. The molecule has 2 rings (SSSR count). The number of nitrogen functional groups attached to an aromatic ring is 1. The fourth-order valence-electron chi connectivity index (χ4n) is 3.03. The maximum atomic E-state index is 6.34. The van der Waals surface area contributed by atoms with E-state index >= 15 is 0 Å². The molecule has 1 aliphatic carbocycles. The topological polar surface area (TPSA) is 43.8 Å². The molecule has 0 saturated heterocycles. The molecule has 3 nitrogen and oxygen atoms in total. The van der Waals surface area contributed by atoms with Gasteiger partial charge in [0.25, 0.3) is 0 Å². The standard InChI is InChI=1S/C16H27N3/c1-5-11-19-14(17)13(16(2,3)4)18-15(19)12-9-7-6-8-10-12/h5,12H,1,6-11,17H2,2-4H3. The summed E-state index contributed by atoms with van der Waals surface area (Å²) in [6, 6.07) is 0. The van der Waals surface area contributed by atoms with Gasteiger partial charge in [-0.3, -0.25) is 0 Å². The molecule has 0 spiro atoms. The molecule has 2 N–H and O–H groups in total. The summed E-state index contributed by atoms with van der Waals surface area (Å²) in [4.78, 5) is 4.91. The summed E-state index contributed by atoms with van der Waals surface area (Å²) in [5.74, 6) is 2.59. The molecule has 3 heteroatoms. The van der Waals surface area contributed by atoms with Crippen molar-refractivity contribution in [3.63, 3.8) is 0 Å². The van der Waals surface area contributed by atoms with E-state index in [0.29, 0.717) is 5.92 Å². The van der Waals surface area contributed by atoms with Crippen molar-refractivity contribution in [3.05, 3.63) is 24.2 Å². The molecule has 106 valence electrons. The number of hydrogen-bond acceptors (Lipinski definition) is 2. The molecule has 1 heterocycles. The molecule has 19 heavy (non-hydrogen) atoms. The van der Waals surface area contributed by atoms with Gasteiger partial charge in [0.15, 0.2) is 0 Å². The Morgan fingerprint density at radius 3 is 2.47 bits per heavy atom. The smallest absolute Gasteiger partial charge is 0.127 e. The van der Waals surface area contributed by atoms with Gasteiger partial charge >= 0.3 is 0 Å². The summed E-state index contributed by atoms with van der Waals surface area (Å²) in [5.41, 5.74) is 7.37. The number of hydrogen-bond donors (Lipinski definition) is 1. The van der Waals surface area contributed by atoms with Crippen molar-refractivity contribution in [2.45, 2.75) is 70.8 Å². The summed E-state index contributed by atoms with van der Waals surface area (Å²) in [5, 5.41) is 0. The van der Waals surface area contributed by atoms with Gasteiger partial charge in [-0.1, -0.05) is 46.1 Å². The van der Waals surface area contributed by atoms with Crippen LogP contribution >= 0.6 is 0 Å². The Morgan fingerprint density at radius 2 is 1.95 bits per heavy atom. The molecule has 1 saturated carbocycles. The van der Waals surface area contributed by atoms with Crippen LogP contribution < -0.4 is 5.73 Å². The second-order valence-electron chi connectivity index (χ2n) is 6.69. The Kier molecular flexibility index (Phi) is 4.02. The normalized spacial score (nSPS) is 17.6. The molecule has 0 unspecified atom stereocenters. The van der Waals surface area contributed by atoms with Gasteiger partial charge in [-0.05, 0) is 12.8 Å². The minimum atomic E-state index is -0.0000792. The van der Waals surface area contributed by atoms with Crippen molar-refractivity contribution in [2.24, 2.45) is 0 Å². The van der Waals surface area contributed by atoms with E-state index < -0.39 is 0 Å². The molecular weight excluding hydrogens is 234 g/mol. The molecule has 1 aromatic rings. The van der Waals surface area contributed by atoms with E-state index in [9.17, 15) is 0 Å². The average molecular weight is 261 g/mol. The van der Waals surface area contributed by atoms with Crippen LogP contribution in [0.15, 0.2) is 12.7 Å². The maximum Gasteiger partial charge on any atom is 0.127 e. The highest BCUT2D eigenvalue weighted by Crippen LogP contribution is 2.36. The van der Waals surface area contributed by atoms with Gasteiger partial charge in [0.05, 0.1) is 5.69 Å². The zero-order valence-electron chi connectivity index (χ0n) is 12.6. The second-order valence-corrected chi connectivity index (χ2v) is 6.69. The molecule has 0 aromatic carbocycles. The third-order valence-electron chi connectivity index (χ3n) is 4.03. The summed E-state index contributed by atoms with van der Waals surface area (Å²) in [7, 11) is 0. The quantitative estimate of drug-likeness (QED) is 0.836. The highest BCUT2D eigenvalue weighted by atomic mass is 15.1. The van der Waals surface area contributed by atoms with E-state index in [1.54, 1.807) is 0 Å². The highest BCUT2D eigenvalue weighted by Gasteiger charge is 2.28. The van der Waals surface area contributed by atoms with Crippen molar-refractivity contribution in [3.8, 4) is 0 Å². The Labute approximate surface area is 116 Å². The van der Waals surface area contributed by atoms with Gasteiger partial charge in [0.1, 0.15) is 11.6 Å². The lowest BCUT2D eigenvalue weighted by Crippen LogP contribution is -2.15. The predicted molar refractivity (Wildman–Crippen MR) is 81.4 cm³/mol. The lowest BCUT2D eigenvalue weighted by Gasteiger charge is -2.22. The molecular formula is C16H27N3. The first-order valence-corrected chi connectivity index (χ1v) is 7.42. The van der Waals surface area contributed by atoms with Gasteiger partial charge in [0, 0.05) is 17.9 Å². The van der Waals surface area contributed by atoms with Crippen molar-refractivity contribution in [1.82, 2.24) is 9.55 Å². The first-order valence-electron chi connectivity index (χ1n) is 7.42. The number of imidazole rings is 1. The van der Waals surface area contributed by atoms with Crippen molar-refractivity contribution in [2.75, 3.05) is 5.73 Å². The Bertz CT molecular complexity index is 445. The molecule has 0 amide bonds. The number of allylic oxidation sites excluding steroid dienone is 1. The summed E-state index contributed by atoms with van der Waals surface area (Å²) >= 11 is 0. The van der Waals surface area contributed by atoms with Gasteiger partial charge < -0.3 is 10.3 Å². The summed E-state index contributed by atoms with van der Waals surface area (Å²) in [6.07, 6.45) is 8.40. The van der Waals surface area contributed by atoms with E-state index in [-0.39, 0.29) is 5.41 Å². The summed E-state index contributed by atoms with van der Waals surface area (Å²) < 4.78 is 2.17. The third kappa shape index (κ3) is 2.85. The number of nitrogens with zero attached hydrogens (tertiary/aromatic N) is 2. The van der Waals surface area contributed by atoms with Gasteiger partial charge in [0.2, 0.25) is 0 Å². The average Bonchev–Trinajstić information content (AvgIpc) is 2.69. The first kappa shape index (κ1) is 14.2. The second kappa shape index (κ2) is 5.40. The molecule has 0 atom stereocenters. The van der Waals surface area contributed by atoms with E-state index in [1.807, 2.05) is 6.08 Å². The van der Waals surface area contributed by atoms with Crippen LogP contribution in [0.4, 0.5) is 5.82 Å². The Morgan fingerprint density at radius 1 is 1.32 bits per heavy atom. The fraction of sp³-hybridized carbons (Fsp3) is 0.688. The van der Waals surface area contributed by atoms with Gasteiger partial charge in [-0.25, -0.2) is 4.98 Å². The monoisotopic (exact) mass is 261 g/mol. The Balaban J connectivity index is 2.43. The molecule has 0 aliphatic heterocycles. The van der Waals surface area contributed by atoms with E-state index in [0.717, 1.165) is 18.1 Å². The zero-order chi connectivity index (χ0) is 14.0. The van der Waals surface area contributed by atoms with Crippen LogP contribution in [-0.2, 0) is 12.0 Å². The number of anilines is 1. The zero-order valence-corrected chi connectivity index (χ0v) is 12.6. The van der Waals surface area contributed by atoms with Crippen molar-refractivity contribution >= 4 is 5.82 Å². The fourth-order valence-corrected chi connectivity index (χ4v) is 3.03. The van der Waals surface area contributed by atoms with E-state index in [1.165, 1.54) is 37.9 Å². The van der Waals surface area contributed by atoms with Crippen LogP contribution in [0.1, 0.15) is 70.3 Å². The number of aromatic nitrogens is 2. The highest BCUT2D eigenvalue weighted by molar-refractivity contribution is 5.43. The van der Waals surface area contributed by atoms with Gasteiger partial charge in [-0.2, -0.15) is 0 Å². The minimum Gasteiger partial charge on any atom is -0.384 e. The van der Waals surface area contributed by atoms with Crippen LogP contribution in [0, 0.1) is 0 Å². The van der Waals surface area contributed by atoms with E-state index in [2.05, 4.69) is 31.9 Å². The first-order chi connectivity index (χ1) is 8.95. The van der Waals surface area contributed by atoms with Gasteiger partial charge in [-0.15, -0.1) is 6.58 Å². The third-order valence-corrected chi connectivity index (χ3v) is 4.03. The van der Waals surface area contributed by atoms with Crippen LogP contribution in [0.25, 0.3) is 0 Å². The molecule has 1 aliphatic rings. The van der Waals surface area contributed by atoms with Crippen LogP contribution in [-0.4, -0.2) is 9.55 Å². The Hall–Kier alpha value is -1.25. The molecule has 0 radical (unpaired) electrons. The van der Waals surface area contributed by atoms with Crippen LogP contribution in [0.5, 0.6) is 0 Å². The van der Waals surface area contributed by atoms with Crippen molar-refractivity contribution in [1.29, 1.82) is 0 Å². The molecule has 1 fully saturated rings. The predicted octanol–water partition coefficient (Wildman–Crippen LogP) is 4.00. The van der Waals surface area contributed by atoms with Crippen molar-refractivity contribution < 1.29 is 0 Å². The largest absolute Gasteiger partial charge is 0.384 e. The minimum absolute atomic E-state index is 0.0000792. The molecule has 0 bridgehead atoms. The number of rotatable bonds is 3.